The largest absolute Gasteiger partial charge is 0.486 e. The van der Waals surface area contributed by atoms with Gasteiger partial charge in [0.15, 0.2) is 11.5 Å². The van der Waals surface area contributed by atoms with E-state index in [1.807, 2.05) is 12.1 Å². The van der Waals surface area contributed by atoms with Gasteiger partial charge in [-0.15, -0.1) is 0 Å². The summed E-state index contributed by atoms with van der Waals surface area (Å²) in [6, 6.07) is 6.57. The molecule has 0 aromatic heterocycles. The number of ether oxygens (including phenoxy) is 2. The molecule has 1 atom stereocenters. The van der Waals surface area contributed by atoms with E-state index < -0.39 is 0 Å². The Morgan fingerprint density at radius 3 is 3.11 bits per heavy atom. The summed E-state index contributed by atoms with van der Waals surface area (Å²) in [5.41, 5.74) is 6.79. The highest BCUT2D eigenvalue weighted by Gasteiger charge is 2.24. The van der Waals surface area contributed by atoms with Crippen LogP contribution in [0, 0.1) is 0 Å². The van der Waals surface area contributed by atoms with Crippen molar-refractivity contribution in [3.8, 4) is 11.5 Å². The molecule has 2 aliphatic rings. The van der Waals surface area contributed by atoms with E-state index in [9.17, 15) is 0 Å². The summed E-state index contributed by atoms with van der Waals surface area (Å²) < 4.78 is 11.4. The first kappa shape index (κ1) is 12.6. The molecule has 1 aromatic rings. The molecule has 0 bridgehead atoms. The van der Waals surface area contributed by atoms with Crippen molar-refractivity contribution in [2.75, 3.05) is 44.3 Å². The summed E-state index contributed by atoms with van der Waals surface area (Å²) in [6.07, 6.45) is 1.00. The zero-order chi connectivity index (χ0) is 13.1. The second-order valence-corrected chi connectivity index (χ2v) is 4.98. The Hall–Kier alpha value is -1.46. The Labute approximate surface area is 113 Å². The van der Waals surface area contributed by atoms with Crippen molar-refractivity contribution in [2.45, 2.75) is 12.5 Å². The Morgan fingerprint density at radius 2 is 2.21 bits per heavy atom. The van der Waals surface area contributed by atoms with Gasteiger partial charge in [-0.25, -0.2) is 0 Å². The average molecular weight is 263 g/mol. The van der Waals surface area contributed by atoms with Crippen molar-refractivity contribution in [2.24, 2.45) is 5.73 Å². The minimum absolute atomic E-state index is 0.458. The molecule has 0 spiro atoms. The fraction of sp³-hybridized carbons (Fsp3) is 0.571. The third kappa shape index (κ3) is 2.62. The molecule has 1 unspecified atom stereocenters. The molecule has 3 N–H and O–H groups in total. The monoisotopic (exact) mass is 263 g/mol. The maximum Gasteiger partial charge on any atom is 0.184 e. The normalized spacial score (nSPS) is 22.4. The number of hydrogen-bond donors (Lipinski definition) is 2. The van der Waals surface area contributed by atoms with Gasteiger partial charge in [0.2, 0.25) is 0 Å². The van der Waals surface area contributed by atoms with Gasteiger partial charge < -0.3 is 25.4 Å². The zero-order valence-electron chi connectivity index (χ0n) is 11.1. The van der Waals surface area contributed by atoms with Crippen LogP contribution in [0.25, 0.3) is 0 Å². The molecule has 5 nitrogen and oxygen atoms in total. The molecule has 1 saturated heterocycles. The molecule has 5 heteroatoms. The van der Waals surface area contributed by atoms with E-state index in [1.54, 1.807) is 0 Å². The minimum Gasteiger partial charge on any atom is -0.486 e. The van der Waals surface area contributed by atoms with Crippen LogP contribution >= 0.6 is 0 Å². The second kappa shape index (κ2) is 5.67. The zero-order valence-corrected chi connectivity index (χ0v) is 11.1. The van der Waals surface area contributed by atoms with Gasteiger partial charge in [0.25, 0.3) is 0 Å². The van der Waals surface area contributed by atoms with Crippen molar-refractivity contribution in [3.63, 3.8) is 0 Å². The van der Waals surface area contributed by atoms with Crippen molar-refractivity contribution in [1.82, 2.24) is 5.32 Å². The van der Waals surface area contributed by atoms with Crippen molar-refractivity contribution in [3.05, 3.63) is 18.2 Å². The van der Waals surface area contributed by atoms with E-state index in [0.717, 1.165) is 49.8 Å². The van der Waals surface area contributed by atoms with E-state index in [1.165, 1.54) is 0 Å². The van der Waals surface area contributed by atoms with E-state index in [4.69, 9.17) is 15.2 Å². The number of fused-ring (bicyclic) bond motifs is 1. The summed E-state index contributed by atoms with van der Waals surface area (Å²) in [6.45, 7) is 4.92. The Balaban J connectivity index is 1.81. The van der Waals surface area contributed by atoms with Gasteiger partial charge >= 0.3 is 0 Å². The topological polar surface area (TPSA) is 59.8 Å². The van der Waals surface area contributed by atoms with Crippen LogP contribution in [0.15, 0.2) is 18.2 Å². The number of nitrogens with one attached hydrogen (secondary N) is 1. The van der Waals surface area contributed by atoms with Crippen LogP contribution in [-0.2, 0) is 0 Å². The SMILES string of the molecule is NCCC1CN(c2cccc3c2OCCO3)CCN1. The standard InChI is InChI=1S/C14H21N3O2/c15-5-4-11-10-17(7-6-16-11)12-2-1-3-13-14(12)19-9-8-18-13/h1-3,11,16H,4-10,15H2. The van der Waals surface area contributed by atoms with Crippen LogP contribution in [0.1, 0.15) is 6.42 Å². The van der Waals surface area contributed by atoms with Gasteiger partial charge in [-0.05, 0) is 25.1 Å². The van der Waals surface area contributed by atoms with Crippen LogP contribution in [0.2, 0.25) is 0 Å². The second-order valence-electron chi connectivity index (χ2n) is 4.98. The van der Waals surface area contributed by atoms with E-state index in [0.29, 0.717) is 19.3 Å². The van der Waals surface area contributed by atoms with Gasteiger partial charge in [0.1, 0.15) is 13.2 Å². The lowest BCUT2D eigenvalue weighted by atomic mass is 10.1. The van der Waals surface area contributed by atoms with Crippen LogP contribution in [0.3, 0.4) is 0 Å². The molecule has 19 heavy (non-hydrogen) atoms. The maximum atomic E-state index is 5.79. The Kier molecular flexibility index (Phi) is 3.75. The van der Waals surface area contributed by atoms with Gasteiger partial charge in [0.05, 0.1) is 5.69 Å². The number of benzene rings is 1. The lowest BCUT2D eigenvalue weighted by Crippen LogP contribution is -2.51. The minimum atomic E-state index is 0.458. The van der Waals surface area contributed by atoms with E-state index in [2.05, 4.69) is 16.3 Å². The molecular weight excluding hydrogens is 242 g/mol. The molecule has 0 radical (unpaired) electrons. The molecule has 0 amide bonds. The van der Waals surface area contributed by atoms with Gasteiger partial charge in [-0.1, -0.05) is 6.07 Å². The van der Waals surface area contributed by atoms with Gasteiger partial charge in [-0.3, -0.25) is 0 Å². The summed E-state index contributed by atoms with van der Waals surface area (Å²) in [5, 5.41) is 3.51. The number of hydrogen-bond acceptors (Lipinski definition) is 5. The average Bonchev–Trinajstić information content (AvgIpc) is 2.47. The highest BCUT2D eigenvalue weighted by Crippen LogP contribution is 2.39. The number of piperazine rings is 1. The van der Waals surface area contributed by atoms with Crippen molar-refractivity contribution in [1.29, 1.82) is 0 Å². The number of anilines is 1. The first-order valence-electron chi connectivity index (χ1n) is 6.95. The lowest BCUT2D eigenvalue weighted by Gasteiger charge is -2.36. The summed E-state index contributed by atoms with van der Waals surface area (Å²) in [4.78, 5) is 2.37. The Bertz CT molecular complexity index is 437. The predicted octanol–water partition coefficient (Wildman–Crippen LogP) is 0.585. The highest BCUT2D eigenvalue weighted by atomic mass is 16.6. The maximum absolute atomic E-state index is 5.79. The van der Waals surface area contributed by atoms with E-state index >= 15 is 0 Å². The van der Waals surface area contributed by atoms with Crippen molar-refractivity contribution >= 4 is 5.69 Å². The summed E-state index contributed by atoms with van der Waals surface area (Å²) >= 11 is 0. The third-order valence-electron chi connectivity index (χ3n) is 3.66. The molecule has 0 aliphatic carbocycles. The van der Waals surface area contributed by atoms with Crippen LogP contribution in [-0.4, -0.2) is 45.4 Å². The van der Waals surface area contributed by atoms with Gasteiger partial charge in [0, 0.05) is 25.7 Å². The Morgan fingerprint density at radius 1 is 1.32 bits per heavy atom. The number of para-hydroxylation sites is 1. The molecule has 1 aromatic carbocycles. The fourth-order valence-electron chi connectivity index (χ4n) is 2.75. The number of nitrogens with zero attached hydrogens (tertiary/aromatic N) is 1. The first-order valence-corrected chi connectivity index (χ1v) is 6.95. The quantitative estimate of drug-likeness (QED) is 0.835. The fourth-order valence-corrected chi connectivity index (χ4v) is 2.75. The van der Waals surface area contributed by atoms with E-state index in [-0.39, 0.29) is 0 Å². The molecular formula is C14H21N3O2. The molecule has 1 fully saturated rings. The molecule has 2 heterocycles. The van der Waals surface area contributed by atoms with Gasteiger partial charge in [-0.2, -0.15) is 0 Å². The van der Waals surface area contributed by atoms with Crippen LogP contribution in [0.5, 0.6) is 11.5 Å². The first-order chi connectivity index (χ1) is 9.38. The lowest BCUT2D eigenvalue weighted by molar-refractivity contribution is 0.172. The molecule has 104 valence electrons. The summed E-state index contributed by atoms with van der Waals surface area (Å²) in [7, 11) is 0. The number of rotatable bonds is 3. The van der Waals surface area contributed by atoms with Crippen LogP contribution in [0.4, 0.5) is 5.69 Å². The predicted molar refractivity (Wildman–Crippen MR) is 75.1 cm³/mol. The summed E-state index contributed by atoms with van der Waals surface area (Å²) in [5.74, 6) is 1.75. The molecule has 3 rings (SSSR count). The van der Waals surface area contributed by atoms with Crippen LogP contribution < -0.4 is 25.4 Å². The molecule has 2 aliphatic heterocycles. The third-order valence-corrected chi connectivity index (χ3v) is 3.66. The van der Waals surface area contributed by atoms with Crippen molar-refractivity contribution < 1.29 is 9.47 Å². The number of nitrogens with two attached hydrogens (primary N) is 1. The highest BCUT2D eigenvalue weighted by molar-refractivity contribution is 5.65. The molecule has 0 saturated carbocycles. The smallest absolute Gasteiger partial charge is 0.184 e.